The lowest BCUT2D eigenvalue weighted by Crippen LogP contribution is -2.35. The molecule has 2 rings (SSSR count). The maximum absolute atomic E-state index is 12.5. The predicted octanol–water partition coefficient (Wildman–Crippen LogP) is 1.88. The van der Waals surface area contributed by atoms with Gasteiger partial charge >= 0.3 is 0 Å². The molecule has 0 radical (unpaired) electrons. The molecule has 1 fully saturated rings. The van der Waals surface area contributed by atoms with Crippen LogP contribution in [0.2, 0.25) is 0 Å². The predicted molar refractivity (Wildman–Crippen MR) is 82.1 cm³/mol. The van der Waals surface area contributed by atoms with Crippen molar-refractivity contribution in [3.05, 3.63) is 11.4 Å². The Morgan fingerprint density at radius 3 is 2.76 bits per heavy atom. The Kier molecular flexibility index (Phi) is 5.61. The largest absolute Gasteiger partial charge is 0.395 e. The number of aliphatic hydroxyl groups is 1. The molecular formula is C15H26N4O2. The van der Waals surface area contributed by atoms with Crippen molar-refractivity contribution in [2.75, 3.05) is 25.4 Å². The second kappa shape index (κ2) is 7.45. The fourth-order valence-electron chi connectivity index (χ4n) is 2.53. The van der Waals surface area contributed by atoms with Gasteiger partial charge in [-0.3, -0.25) is 9.89 Å². The minimum Gasteiger partial charge on any atom is -0.395 e. The summed E-state index contributed by atoms with van der Waals surface area (Å²) in [5, 5.41) is 16.2. The zero-order valence-corrected chi connectivity index (χ0v) is 12.8. The standard InChI is InChI=1S/C15H26N4O2/c1-2-3-4-5-8-19(9-10-20)15(21)14-12(16)13(17-18-14)11-6-7-11/h11,20H,2-10,16H2,1H3,(H,17,18). The van der Waals surface area contributed by atoms with Gasteiger partial charge in [-0.05, 0) is 19.3 Å². The number of aromatic nitrogens is 2. The number of carbonyl (C=O) groups excluding carboxylic acids is 1. The summed E-state index contributed by atoms with van der Waals surface area (Å²) >= 11 is 0. The van der Waals surface area contributed by atoms with Crippen molar-refractivity contribution < 1.29 is 9.90 Å². The lowest BCUT2D eigenvalue weighted by molar-refractivity contribution is 0.0713. The highest BCUT2D eigenvalue weighted by molar-refractivity contribution is 5.97. The van der Waals surface area contributed by atoms with Crippen LogP contribution in [0.3, 0.4) is 0 Å². The van der Waals surface area contributed by atoms with Gasteiger partial charge in [-0.15, -0.1) is 0 Å². The van der Waals surface area contributed by atoms with E-state index in [-0.39, 0.29) is 12.5 Å². The maximum Gasteiger partial charge on any atom is 0.276 e. The van der Waals surface area contributed by atoms with Crippen LogP contribution in [-0.4, -0.2) is 45.8 Å². The van der Waals surface area contributed by atoms with Crippen molar-refractivity contribution in [3.63, 3.8) is 0 Å². The molecule has 0 unspecified atom stereocenters. The van der Waals surface area contributed by atoms with Gasteiger partial charge in [0.1, 0.15) is 0 Å². The molecule has 0 aliphatic heterocycles. The second-order valence-corrected chi connectivity index (χ2v) is 5.75. The molecule has 6 heteroatoms. The van der Waals surface area contributed by atoms with Gasteiger partial charge in [0.2, 0.25) is 0 Å². The highest BCUT2D eigenvalue weighted by atomic mass is 16.3. The topological polar surface area (TPSA) is 95.2 Å². The van der Waals surface area contributed by atoms with Crippen LogP contribution in [0.4, 0.5) is 5.69 Å². The molecule has 1 aromatic rings. The first kappa shape index (κ1) is 15.8. The van der Waals surface area contributed by atoms with E-state index in [0.717, 1.165) is 44.2 Å². The number of rotatable bonds is 9. The van der Waals surface area contributed by atoms with Crippen molar-refractivity contribution in [3.8, 4) is 0 Å². The number of nitrogens with zero attached hydrogens (tertiary/aromatic N) is 2. The molecule has 1 aliphatic carbocycles. The van der Waals surface area contributed by atoms with Gasteiger partial charge in [0.15, 0.2) is 5.69 Å². The summed E-state index contributed by atoms with van der Waals surface area (Å²) in [6.07, 6.45) is 6.58. The van der Waals surface area contributed by atoms with E-state index in [1.807, 2.05) is 0 Å². The van der Waals surface area contributed by atoms with Crippen LogP contribution in [0.1, 0.15) is 67.5 Å². The fourth-order valence-corrected chi connectivity index (χ4v) is 2.53. The van der Waals surface area contributed by atoms with E-state index in [1.54, 1.807) is 4.90 Å². The monoisotopic (exact) mass is 294 g/mol. The normalized spacial score (nSPS) is 14.4. The average molecular weight is 294 g/mol. The molecule has 0 atom stereocenters. The molecule has 1 aliphatic rings. The zero-order valence-electron chi connectivity index (χ0n) is 12.8. The molecule has 1 amide bonds. The van der Waals surface area contributed by atoms with E-state index in [1.165, 1.54) is 0 Å². The molecule has 1 saturated carbocycles. The fraction of sp³-hybridized carbons (Fsp3) is 0.733. The first-order chi connectivity index (χ1) is 10.2. The Morgan fingerprint density at radius 1 is 1.38 bits per heavy atom. The molecule has 6 nitrogen and oxygen atoms in total. The summed E-state index contributed by atoms with van der Waals surface area (Å²) in [6, 6.07) is 0. The van der Waals surface area contributed by atoms with E-state index in [2.05, 4.69) is 17.1 Å². The first-order valence-corrected chi connectivity index (χ1v) is 7.92. The van der Waals surface area contributed by atoms with E-state index < -0.39 is 0 Å². The first-order valence-electron chi connectivity index (χ1n) is 7.92. The minimum absolute atomic E-state index is 0.0423. The SMILES string of the molecule is CCCCCCN(CCO)C(=O)c1n[nH]c(C2CC2)c1N. The summed E-state index contributed by atoms with van der Waals surface area (Å²) in [5.41, 5.74) is 7.74. The Bertz CT molecular complexity index is 468. The number of hydrogen-bond donors (Lipinski definition) is 3. The van der Waals surface area contributed by atoms with Gasteiger partial charge in [-0.2, -0.15) is 5.10 Å². The summed E-state index contributed by atoms with van der Waals surface area (Å²) in [7, 11) is 0. The van der Waals surface area contributed by atoms with E-state index in [4.69, 9.17) is 10.8 Å². The molecule has 1 aromatic heterocycles. The van der Waals surface area contributed by atoms with E-state index >= 15 is 0 Å². The summed E-state index contributed by atoms with van der Waals surface area (Å²) in [5.74, 6) is 0.260. The number of amides is 1. The molecule has 1 heterocycles. The third kappa shape index (κ3) is 3.97. The number of aromatic amines is 1. The molecule has 21 heavy (non-hydrogen) atoms. The molecule has 4 N–H and O–H groups in total. The van der Waals surface area contributed by atoms with Crippen LogP contribution in [0.5, 0.6) is 0 Å². The van der Waals surface area contributed by atoms with Crippen LogP contribution in [0, 0.1) is 0 Å². The Morgan fingerprint density at radius 2 is 2.14 bits per heavy atom. The smallest absolute Gasteiger partial charge is 0.276 e. The number of nitrogens with two attached hydrogens (primary N) is 1. The molecule has 0 aromatic carbocycles. The Labute approximate surface area is 125 Å². The van der Waals surface area contributed by atoms with Gasteiger partial charge < -0.3 is 15.7 Å². The highest BCUT2D eigenvalue weighted by Crippen LogP contribution is 2.42. The highest BCUT2D eigenvalue weighted by Gasteiger charge is 2.31. The molecule has 118 valence electrons. The minimum atomic E-state index is -0.179. The summed E-state index contributed by atoms with van der Waals surface area (Å²) < 4.78 is 0. The molecular weight excluding hydrogens is 268 g/mol. The number of hydrogen-bond acceptors (Lipinski definition) is 4. The van der Waals surface area contributed by atoms with Crippen LogP contribution in [-0.2, 0) is 0 Å². The van der Waals surface area contributed by atoms with Gasteiger partial charge in [0, 0.05) is 19.0 Å². The quantitative estimate of drug-likeness (QED) is 0.606. The van der Waals surface area contributed by atoms with E-state index in [9.17, 15) is 4.79 Å². The number of unbranched alkanes of at least 4 members (excludes halogenated alkanes) is 3. The lowest BCUT2D eigenvalue weighted by atomic mass is 10.2. The van der Waals surface area contributed by atoms with Crippen LogP contribution >= 0.6 is 0 Å². The number of H-pyrrole nitrogens is 1. The van der Waals surface area contributed by atoms with Gasteiger partial charge in [-0.25, -0.2) is 0 Å². The van der Waals surface area contributed by atoms with Crippen LogP contribution in [0.25, 0.3) is 0 Å². The second-order valence-electron chi connectivity index (χ2n) is 5.75. The summed E-state index contributed by atoms with van der Waals surface area (Å²) in [4.78, 5) is 14.2. The van der Waals surface area contributed by atoms with Crippen molar-refractivity contribution in [2.24, 2.45) is 0 Å². The molecule has 0 bridgehead atoms. The maximum atomic E-state index is 12.5. The van der Waals surface area contributed by atoms with Gasteiger partial charge in [0.25, 0.3) is 5.91 Å². The van der Waals surface area contributed by atoms with Crippen molar-refractivity contribution >= 4 is 11.6 Å². The zero-order chi connectivity index (χ0) is 15.2. The van der Waals surface area contributed by atoms with E-state index in [0.29, 0.717) is 30.4 Å². The van der Waals surface area contributed by atoms with Crippen molar-refractivity contribution in [1.29, 1.82) is 0 Å². The third-order valence-corrected chi connectivity index (χ3v) is 3.96. The van der Waals surface area contributed by atoms with Crippen molar-refractivity contribution in [1.82, 2.24) is 15.1 Å². The Balaban J connectivity index is 1.99. The van der Waals surface area contributed by atoms with Gasteiger partial charge in [0.05, 0.1) is 18.0 Å². The molecule has 0 spiro atoms. The van der Waals surface area contributed by atoms with Crippen molar-refractivity contribution in [2.45, 2.75) is 51.4 Å². The van der Waals surface area contributed by atoms with Crippen LogP contribution < -0.4 is 5.73 Å². The van der Waals surface area contributed by atoms with Crippen LogP contribution in [0.15, 0.2) is 0 Å². The average Bonchev–Trinajstić information content (AvgIpc) is 3.25. The Hall–Kier alpha value is -1.56. The number of aliphatic hydroxyl groups excluding tert-OH is 1. The number of anilines is 1. The lowest BCUT2D eigenvalue weighted by Gasteiger charge is -2.21. The third-order valence-electron chi connectivity index (χ3n) is 3.96. The molecule has 0 saturated heterocycles. The number of nitrogen functional groups attached to an aromatic ring is 1. The number of carbonyl (C=O) groups is 1. The number of nitrogens with one attached hydrogen (secondary N) is 1. The summed E-state index contributed by atoms with van der Waals surface area (Å²) in [6.45, 7) is 3.08. The van der Waals surface area contributed by atoms with Gasteiger partial charge in [-0.1, -0.05) is 26.2 Å².